The molecule has 1 atom stereocenters. The molecule has 0 aromatic heterocycles. The van der Waals surface area contributed by atoms with Crippen molar-refractivity contribution in [3.8, 4) is 0 Å². The predicted molar refractivity (Wildman–Crippen MR) is 97.4 cm³/mol. The highest BCUT2D eigenvalue weighted by Crippen LogP contribution is 2.38. The van der Waals surface area contributed by atoms with E-state index in [9.17, 15) is 0 Å². The van der Waals surface area contributed by atoms with Crippen LogP contribution in [0.4, 0.5) is 0 Å². The van der Waals surface area contributed by atoms with Crippen LogP contribution in [0.2, 0.25) is 0 Å². The zero-order valence-corrected chi connectivity index (χ0v) is 15.7. The van der Waals surface area contributed by atoms with Gasteiger partial charge >= 0.3 is 7.12 Å². The number of morpholine rings is 1. The normalized spacial score (nSPS) is 27.3. The van der Waals surface area contributed by atoms with Crippen LogP contribution in [0.3, 0.4) is 0 Å². The molecule has 2 fully saturated rings. The summed E-state index contributed by atoms with van der Waals surface area (Å²) in [5, 5.41) is 10.9. The number of hydrogen-bond donors (Lipinski definition) is 2. The van der Waals surface area contributed by atoms with Crippen LogP contribution in [0.5, 0.6) is 0 Å². The summed E-state index contributed by atoms with van der Waals surface area (Å²) >= 11 is 0. The SMILES string of the molecule is CC1COCCN1CCCN/C=C(\C=N)B1OC(C)(C)C(C)(C)O1. The molecule has 0 aromatic carbocycles. The van der Waals surface area contributed by atoms with E-state index in [1.54, 1.807) is 0 Å². The van der Waals surface area contributed by atoms with E-state index in [0.29, 0.717) is 11.5 Å². The monoisotopic (exact) mass is 337 g/mol. The van der Waals surface area contributed by atoms with Gasteiger partial charge in [-0.05, 0) is 47.2 Å². The lowest BCUT2D eigenvalue weighted by Crippen LogP contribution is -2.44. The molecule has 24 heavy (non-hydrogen) atoms. The summed E-state index contributed by atoms with van der Waals surface area (Å²) in [5.41, 5.74) is -0.0493. The maximum atomic E-state index is 7.64. The molecule has 0 spiro atoms. The standard InChI is InChI=1S/C17H32BN3O3/c1-14-13-22-10-9-21(14)8-6-7-20-12-15(11-19)18-23-16(2,3)17(4,5)24-18/h11-12,14,19-20H,6-10,13H2,1-5H3/b15-12+,19-11?. The highest BCUT2D eigenvalue weighted by molar-refractivity contribution is 6.60. The second-order valence-electron chi connectivity index (χ2n) is 7.64. The lowest BCUT2D eigenvalue weighted by Gasteiger charge is -2.33. The molecule has 2 aliphatic rings. The summed E-state index contributed by atoms with van der Waals surface area (Å²) in [6, 6.07) is 0.496. The topological polar surface area (TPSA) is 66.8 Å². The molecule has 0 saturated carbocycles. The van der Waals surface area contributed by atoms with E-state index >= 15 is 0 Å². The van der Waals surface area contributed by atoms with Gasteiger partial charge in [0, 0.05) is 37.4 Å². The van der Waals surface area contributed by atoms with Crippen molar-refractivity contribution in [2.75, 3.05) is 32.8 Å². The van der Waals surface area contributed by atoms with Gasteiger partial charge in [0.1, 0.15) is 0 Å². The first-order valence-corrected chi connectivity index (χ1v) is 8.88. The molecule has 2 rings (SSSR count). The van der Waals surface area contributed by atoms with E-state index in [1.807, 2.05) is 33.9 Å². The minimum absolute atomic E-state index is 0.383. The summed E-state index contributed by atoms with van der Waals surface area (Å²) < 4.78 is 17.4. The van der Waals surface area contributed by atoms with E-state index in [2.05, 4.69) is 17.1 Å². The minimum Gasteiger partial charge on any atom is -0.399 e. The van der Waals surface area contributed by atoms with Crippen molar-refractivity contribution in [2.45, 2.75) is 58.3 Å². The van der Waals surface area contributed by atoms with E-state index in [1.165, 1.54) is 6.21 Å². The van der Waals surface area contributed by atoms with Crippen LogP contribution in [0.1, 0.15) is 41.0 Å². The third-order valence-corrected chi connectivity index (χ3v) is 5.23. The number of hydrogen-bond acceptors (Lipinski definition) is 6. The maximum absolute atomic E-state index is 7.64. The van der Waals surface area contributed by atoms with Crippen LogP contribution in [-0.4, -0.2) is 68.3 Å². The van der Waals surface area contributed by atoms with Gasteiger partial charge in [0.2, 0.25) is 0 Å². The number of nitrogens with zero attached hydrogens (tertiary/aromatic N) is 1. The van der Waals surface area contributed by atoms with Gasteiger partial charge in [-0.25, -0.2) is 0 Å². The van der Waals surface area contributed by atoms with Gasteiger partial charge < -0.3 is 24.8 Å². The smallest absolute Gasteiger partial charge is 0.399 e. The molecule has 0 bridgehead atoms. The lowest BCUT2D eigenvalue weighted by molar-refractivity contribution is -0.000505. The Hall–Kier alpha value is -0.885. The summed E-state index contributed by atoms with van der Waals surface area (Å²) in [4.78, 5) is 2.46. The first kappa shape index (κ1) is 19.4. The average Bonchev–Trinajstić information content (AvgIpc) is 2.72. The van der Waals surface area contributed by atoms with Crippen LogP contribution in [0.15, 0.2) is 11.7 Å². The number of rotatable bonds is 7. The van der Waals surface area contributed by atoms with Gasteiger partial charge in [-0.3, -0.25) is 4.90 Å². The Morgan fingerprint density at radius 1 is 1.29 bits per heavy atom. The highest BCUT2D eigenvalue weighted by Gasteiger charge is 2.52. The van der Waals surface area contributed by atoms with Gasteiger partial charge in [-0.1, -0.05) is 0 Å². The molecule has 6 nitrogen and oxygen atoms in total. The molecule has 7 heteroatoms. The molecular formula is C17H32BN3O3. The minimum atomic E-state index is -0.487. The zero-order valence-electron chi connectivity index (χ0n) is 15.7. The van der Waals surface area contributed by atoms with Crippen LogP contribution in [-0.2, 0) is 14.0 Å². The molecule has 0 amide bonds. The lowest BCUT2D eigenvalue weighted by atomic mass is 9.79. The Kier molecular flexibility index (Phi) is 6.48. The summed E-state index contributed by atoms with van der Waals surface area (Å²) in [5.74, 6) is 0. The van der Waals surface area contributed by atoms with E-state index in [-0.39, 0.29) is 11.2 Å². The van der Waals surface area contributed by atoms with E-state index in [4.69, 9.17) is 19.5 Å². The molecule has 0 radical (unpaired) electrons. The Balaban J connectivity index is 1.77. The number of allylic oxidation sites excluding steroid dienone is 1. The Bertz CT molecular complexity index is 452. The molecule has 2 N–H and O–H groups in total. The van der Waals surface area contributed by atoms with Crippen molar-refractivity contribution < 1.29 is 14.0 Å². The second kappa shape index (κ2) is 8.00. The Morgan fingerprint density at radius 3 is 2.54 bits per heavy atom. The molecule has 2 aliphatic heterocycles. The highest BCUT2D eigenvalue weighted by atomic mass is 16.7. The average molecular weight is 337 g/mol. The summed E-state index contributed by atoms with van der Waals surface area (Å²) in [7, 11) is -0.487. The van der Waals surface area contributed by atoms with Crippen LogP contribution in [0, 0.1) is 5.41 Å². The molecule has 0 aromatic rings. The van der Waals surface area contributed by atoms with E-state index in [0.717, 1.165) is 39.3 Å². The van der Waals surface area contributed by atoms with Crippen molar-refractivity contribution in [1.29, 1.82) is 5.41 Å². The number of ether oxygens (including phenoxy) is 1. The third-order valence-electron chi connectivity index (χ3n) is 5.23. The van der Waals surface area contributed by atoms with Crippen molar-refractivity contribution in [3.05, 3.63) is 11.7 Å². The van der Waals surface area contributed by atoms with Gasteiger partial charge in [-0.15, -0.1) is 0 Å². The molecule has 0 aliphatic carbocycles. The van der Waals surface area contributed by atoms with Crippen molar-refractivity contribution >= 4 is 13.3 Å². The predicted octanol–water partition coefficient (Wildman–Crippen LogP) is 1.85. The van der Waals surface area contributed by atoms with Gasteiger partial charge in [0.05, 0.1) is 24.4 Å². The first-order chi connectivity index (χ1) is 11.3. The third kappa shape index (κ3) is 4.60. The maximum Gasteiger partial charge on any atom is 0.497 e. The molecule has 2 heterocycles. The fraction of sp³-hybridized carbons (Fsp3) is 0.824. The van der Waals surface area contributed by atoms with Crippen molar-refractivity contribution in [2.24, 2.45) is 0 Å². The first-order valence-electron chi connectivity index (χ1n) is 8.88. The van der Waals surface area contributed by atoms with Crippen LogP contribution < -0.4 is 5.32 Å². The molecule has 1 unspecified atom stereocenters. The van der Waals surface area contributed by atoms with Crippen LogP contribution >= 0.6 is 0 Å². The summed E-state index contributed by atoms with van der Waals surface area (Å²) in [6.45, 7) is 14.9. The van der Waals surface area contributed by atoms with Crippen molar-refractivity contribution in [1.82, 2.24) is 10.2 Å². The molecule has 2 saturated heterocycles. The Labute approximate surface area is 146 Å². The van der Waals surface area contributed by atoms with Gasteiger partial charge in [-0.2, -0.15) is 0 Å². The van der Waals surface area contributed by atoms with E-state index < -0.39 is 7.12 Å². The molecule has 136 valence electrons. The van der Waals surface area contributed by atoms with Gasteiger partial charge in [0.25, 0.3) is 0 Å². The van der Waals surface area contributed by atoms with Crippen molar-refractivity contribution in [3.63, 3.8) is 0 Å². The Morgan fingerprint density at radius 2 is 1.96 bits per heavy atom. The second-order valence-corrected chi connectivity index (χ2v) is 7.64. The molecular weight excluding hydrogens is 305 g/mol. The van der Waals surface area contributed by atoms with Gasteiger partial charge in [0.15, 0.2) is 0 Å². The largest absolute Gasteiger partial charge is 0.497 e. The quantitative estimate of drug-likeness (QED) is 0.422. The zero-order chi connectivity index (χ0) is 17.8. The fourth-order valence-electron chi connectivity index (χ4n) is 2.82. The van der Waals surface area contributed by atoms with Crippen LogP contribution in [0.25, 0.3) is 0 Å². The number of nitrogens with one attached hydrogen (secondary N) is 2. The fourth-order valence-corrected chi connectivity index (χ4v) is 2.82. The summed E-state index contributed by atoms with van der Waals surface area (Å²) in [6.07, 6.45) is 4.20.